The lowest BCUT2D eigenvalue weighted by atomic mass is 10.1. The lowest BCUT2D eigenvalue weighted by molar-refractivity contribution is -0.509. The molecule has 0 bridgehead atoms. The van der Waals surface area contributed by atoms with E-state index in [0.29, 0.717) is 13.1 Å². The molecule has 0 radical (unpaired) electrons. The third kappa shape index (κ3) is 18.2. The van der Waals surface area contributed by atoms with Gasteiger partial charge in [0.25, 0.3) is 0 Å². The van der Waals surface area contributed by atoms with E-state index in [2.05, 4.69) is 10.1 Å². The van der Waals surface area contributed by atoms with Crippen LogP contribution in [0.4, 0.5) is 9.59 Å². The van der Waals surface area contributed by atoms with Crippen LogP contribution in [0.2, 0.25) is 0 Å². The number of piperidine rings is 2. The molecule has 16 heteroatoms. The molecule has 2 aliphatic heterocycles. The first-order valence-electron chi connectivity index (χ1n) is 13.2. The minimum atomic E-state index is -0.443. The van der Waals surface area contributed by atoms with Gasteiger partial charge in [-0.15, -0.1) is 9.78 Å². The number of nitrogens with two attached hydrogens (primary N) is 5. The molecule has 14 nitrogen and oxygen atoms in total. The predicted molar refractivity (Wildman–Crippen MR) is 149 cm³/mol. The first-order chi connectivity index (χ1) is 18.0. The van der Waals surface area contributed by atoms with E-state index in [0.717, 1.165) is 38.8 Å². The van der Waals surface area contributed by atoms with Crippen molar-refractivity contribution in [1.29, 1.82) is 0 Å². The Morgan fingerprint density at radius 2 is 1.27 bits per heavy atom. The van der Waals surface area contributed by atoms with Gasteiger partial charge in [-0.05, 0) is 73.3 Å². The largest absolute Gasteiger partial charge is 1.00 e. The summed E-state index contributed by atoms with van der Waals surface area (Å²) in [6.45, 7) is 14.0. The van der Waals surface area contributed by atoms with Gasteiger partial charge >= 0.3 is 24.1 Å². The fourth-order valence-corrected chi connectivity index (χ4v) is 3.60. The summed E-state index contributed by atoms with van der Waals surface area (Å²) < 4.78 is 12.0. The van der Waals surface area contributed by atoms with E-state index in [4.69, 9.17) is 37.8 Å². The van der Waals surface area contributed by atoms with Crippen LogP contribution >= 0.6 is 0 Å². The molecule has 0 aliphatic carbocycles. The number of ether oxygens (including phenoxy) is 2. The zero-order valence-electron chi connectivity index (χ0n) is 25.1. The number of aromatic nitrogens is 2. The third-order valence-electron chi connectivity index (χ3n) is 5.48. The average molecular weight is 626 g/mol. The van der Waals surface area contributed by atoms with Crippen LogP contribution in [0.15, 0.2) is 18.5 Å². The van der Waals surface area contributed by atoms with E-state index in [1.54, 1.807) is 28.3 Å². The summed E-state index contributed by atoms with van der Waals surface area (Å²) in [6, 6.07) is 2.24. The van der Waals surface area contributed by atoms with Crippen LogP contribution < -0.4 is 58.2 Å². The van der Waals surface area contributed by atoms with Gasteiger partial charge in [0.05, 0.1) is 18.4 Å². The maximum atomic E-state index is 11.8. The standard InChI is InChI=1S/C11H22N4O2.C10H20N2O2.C4H6N4.2ClH/c1-11(2,3)17-10(16)15-6-4-8(5-7-15)14-9(12)13;1-10(2,3)14-9(13)12-6-4-8(11)5-7-12;5-4(6)8-3-1-2-7-8;;/h8H,4-7H2,1-3H3,(H4,12,13,14);8H,4-7,11H2,1-3H3;1-3H,(H3,5,6);2*1H. The Balaban J connectivity index is 0. The molecule has 3 heterocycles. The lowest BCUT2D eigenvalue weighted by Gasteiger charge is -2.32. The fraction of sp³-hybridized carbons (Fsp3) is 0.720. The molecule has 11 N–H and O–H groups in total. The monoisotopic (exact) mass is 624 g/mol. The molecule has 0 unspecified atom stereocenters. The molecule has 3 rings (SSSR count). The summed E-state index contributed by atoms with van der Waals surface area (Å²) in [6.07, 6.45) is 6.23. The zero-order valence-corrected chi connectivity index (χ0v) is 26.6. The van der Waals surface area contributed by atoms with E-state index in [1.165, 1.54) is 4.68 Å². The first-order valence-corrected chi connectivity index (χ1v) is 13.2. The number of nitrogens with one attached hydrogen (secondary N) is 1. The SMILES string of the molecule is CC(C)(C)OC(=O)N1CCC(N)CC1.CC(C)(C)OC(=O)N1CCC([NH+]=C(N)N)CC1.NC(=[NH2+])n1cccn1.[Cl-].[Cl-]. The summed E-state index contributed by atoms with van der Waals surface area (Å²) in [5, 5.41) is 8.90. The van der Waals surface area contributed by atoms with Gasteiger partial charge in [0, 0.05) is 32.2 Å². The minimum absolute atomic E-state index is 0. The molecule has 0 aromatic carbocycles. The number of guanidine groups is 1. The van der Waals surface area contributed by atoms with Gasteiger partial charge in [-0.1, -0.05) is 0 Å². The van der Waals surface area contributed by atoms with Gasteiger partial charge in [-0.3, -0.25) is 27.6 Å². The highest BCUT2D eigenvalue weighted by molar-refractivity contribution is 5.72. The van der Waals surface area contributed by atoms with Crippen molar-refractivity contribution in [3.8, 4) is 0 Å². The van der Waals surface area contributed by atoms with E-state index in [-0.39, 0.29) is 61.0 Å². The van der Waals surface area contributed by atoms with E-state index in [9.17, 15) is 9.59 Å². The molecule has 2 aliphatic rings. The van der Waals surface area contributed by atoms with Crippen LogP contribution in [0.3, 0.4) is 0 Å². The van der Waals surface area contributed by atoms with Crippen molar-refractivity contribution in [2.24, 2.45) is 22.9 Å². The molecular formula is C25H50Cl2N10O4. The third-order valence-corrected chi connectivity index (χ3v) is 5.48. The van der Waals surface area contributed by atoms with E-state index in [1.807, 2.05) is 41.5 Å². The molecule has 2 amide bonds. The van der Waals surface area contributed by atoms with Gasteiger partial charge in [0.2, 0.25) is 0 Å². The fourth-order valence-electron chi connectivity index (χ4n) is 3.60. The van der Waals surface area contributed by atoms with Crippen molar-refractivity contribution in [3.05, 3.63) is 18.5 Å². The number of hydrogen-bond acceptors (Lipinski definition) is 6. The predicted octanol–water partition coefficient (Wildman–Crippen LogP) is -8.10. The van der Waals surface area contributed by atoms with Gasteiger partial charge in [-0.2, -0.15) is 0 Å². The number of carbonyl (C=O) groups excluding carboxylic acids is 2. The molecule has 0 spiro atoms. The van der Waals surface area contributed by atoms with Gasteiger partial charge in [-0.25, -0.2) is 9.59 Å². The number of nitrogens with zero attached hydrogens (tertiary/aromatic N) is 4. The minimum Gasteiger partial charge on any atom is -1.00 e. The Kier molecular flexibility index (Phi) is 18.1. The quantitative estimate of drug-likeness (QED) is 0.129. The molecule has 41 heavy (non-hydrogen) atoms. The Hall–Kier alpha value is -2.97. The lowest BCUT2D eigenvalue weighted by Crippen LogP contribution is -3.00. The summed E-state index contributed by atoms with van der Waals surface area (Å²) in [5.41, 5.74) is 20.8. The number of rotatable bonds is 1. The van der Waals surface area contributed by atoms with Gasteiger partial charge in [0.15, 0.2) is 0 Å². The molecular weight excluding hydrogens is 575 g/mol. The van der Waals surface area contributed by atoms with Crippen molar-refractivity contribution in [2.75, 3.05) is 26.2 Å². The molecule has 238 valence electrons. The van der Waals surface area contributed by atoms with Crippen molar-refractivity contribution in [1.82, 2.24) is 19.6 Å². The Morgan fingerprint density at radius 1 is 0.854 bits per heavy atom. The topological polar surface area (TPSA) is 221 Å². The van der Waals surface area contributed by atoms with Crippen LogP contribution in [0.25, 0.3) is 0 Å². The van der Waals surface area contributed by atoms with Crippen molar-refractivity contribution < 1.29 is 54.3 Å². The second kappa shape index (κ2) is 18.5. The van der Waals surface area contributed by atoms with Crippen LogP contribution in [0, 0.1) is 0 Å². The van der Waals surface area contributed by atoms with Crippen LogP contribution in [-0.4, -0.2) is 93.2 Å². The number of halogens is 2. The highest BCUT2D eigenvalue weighted by Gasteiger charge is 2.27. The van der Waals surface area contributed by atoms with Crippen LogP contribution in [-0.2, 0) is 9.47 Å². The second-order valence-corrected chi connectivity index (χ2v) is 11.5. The van der Waals surface area contributed by atoms with Crippen LogP contribution in [0.1, 0.15) is 67.2 Å². The summed E-state index contributed by atoms with van der Waals surface area (Å²) >= 11 is 0. The maximum absolute atomic E-state index is 11.8. The van der Waals surface area contributed by atoms with E-state index < -0.39 is 11.2 Å². The maximum Gasteiger partial charge on any atom is 0.410 e. The Morgan fingerprint density at radius 3 is 1.56 bits per heavy atom. The summed E-state index contributed by atoms with van der Waals surface area (Å²) in [4.78, 5) is 29.8. The Labute approximate surface area is 255 Å². The highest BCUT2D eigenvalue weighted by atomic mass is 35.5. The number of hydrogen-bond donors (Lipinski definition) is 6. The van der Waals surface area contributed by atoms with Crippen LogP contribution in [0.5, 0.6) is 0 Å². The van der Waals surface area contributed by atoms with Crippen molar-refractivity contribution >= 4 is 24.1 Å². The second-order valence-electron chi connectivity index (χ2n) is 11.5. The Bertz CT molecular complexity index is 929. The molecule has 0 saturated carbocycles. The van der Waals surface area contributed by atoms with Gasteiger partial charge < -0.3 is 49.8 Å². The molecule has 1 aromatic heterocycles. The highest BCUT2D eigenvalue weighted by Crippen LogP contribution is 2.15. The summed E-state index contributed by atoms with van der Waals surface area (Å²) in [7, 11) is 0. The summed E-state index contributed by atoms with van der Waals surface area (Å²) in [5.74, 6) is 0.427. The van der Waals surface area contributed by atoms with Gasteiger partial charge in [0.1, 0.15) is 11.2 Å². The number of likely N-dealkylation sites (tertiary alicyclic amines) is 2. The average Bonchev–Trinajstić information content (AvgIpc) is 3.34. The zero-order chi connectivity index (χ0) is 29.8. The molecule has 0 atom stereocenters. The number of carbonyl (C=O) groups is 2. The first kappa shape index (κ1) is 40.2. The molecule has 2 saturated heterocycles. The molecule has 1 aromatic rings. The normalized spacial score (nSPS) is 15.8. The number of amides is 2. The van der Waals surface area contributed by atoms with E-state index >= 15 is 0 Å². The smallest absolute Gasteiger partial charge is 0.410 e. The molecule has 2 fully saturated rings. The van der Waals surface area contributed by atoms with Crippen molar-refractivity contribution in [3.63, 3.8) is 0 Å². The van der Waals surface area contributed by atoms with Crippen molar-refractivity contribution in [2.45, 2.75) is 90.5 Å².